The molecule has 1 aliphatic rings. The van der Waals surface area contributed by atoms with Crippen molar-refractivity contribution in [3.05, 3.63) is 70.4 Å². The molecule has 1 N–H and O–H groups in total. The summed E-state index contributed by atoms with van der Waals surface area (Å²) in [5, 5.41) is 9.87. The molecule has 1 aliphatic heterocycles. The van der Waals surface area contributed by atoms with E-state index in [0.29, 0.717) is 19.0 Å². The van der Waals surface area contributed by atoms with Crippen molar-refractivity contribution in [3.63, 3.8) is 0 Å². The minimum absolute atomic E-state index is 0.0979. The zero-order valence-corrected chi connectivity index (χ0v) is 15.7. The molecule has 0 bridgehead atoms. The average Bonchev–Trinajstić information content (AvgIpc) is 3.37. The summed E-state index contributed by atoms with van der Waals surface area (Å²) >= 11 is 1.73. The third-order valence-electron chi connectivity index (χ3n) is 5.23. The second kappa shape index (κ2) is 8.02. The van der Waals surface area contributed by atoms with E-state index in [4.69, 9.17) is 0 Å². The van der Waals surface area contributed by atoms with Gasteiger partial charge in [-0.3, -0.25) is 9.69 Å². The summed E-state index contributed by atoms with van der Waals surface area (Å²) in [5.74, 6) is 0.0979. The maximum Gasteiger partial charge on any atom is 0.224 e. The fraction of sp³-hybridized carbons (Fsp3) is 0.318. The zero-order chi connectivity index (χ0) is 17.8. The van der Waals surface area contributed by atoms with Crippen LogP contribution in [0.15, 0.2) is 59.3 Å². The van der Waals surface area contributed by atoms with E-state index in [-0.39, 0.29) is 5.91 Å². The van der Waals surface area contributed by atoms with Crippen LogP contribution >= 0.6 is 11.3 Å². The largest absolute Gasteiger partial charge is 0.354 e. The van der Waals surface area contributed by atoms with Crippen molar-refractivity contribution in [1.29, 1.82) is 0 Å². The second-order valence-corrected chi connectivity index (χ2v) is 7.71. The first-order valence-electron chi connectivity index (χ1n) is 9.31. The highest BCUT2D eigenvalue weighted by atomic mass is 32.1. The van der Waals surface area contributed by atoms with Gasteiger partial charge in [-0.15, -0.1) is 0 Å². The highest BCUT2D eigenvalue weighted by Crippen LogP contribution is 2.26. The number of nitrogens with one attached hydrogen (secondary N) is 1. The van der Waals surface area contributed by atoms with Crippen molar-refractivity contribution in [3.8, 4) is 0 Å². The first kappa shape index (κ1) is 17.3. The van der Waals surface area contributed by atoms with Crippen LogP contribution in [0, 0.1) is 0 Å². The van der Waals surface area contributed by atoms with E-state index >= 15 is 0 Å². The third kappa shape index (κ3) is 3.81. The van der Waals surface area contributed by atoms with Crippen molar-refractivity contribution in [1.82, 2.24) is 10.2 Å². The lowest BCUT2D eigenvalue weighted by Gasteiger charge is -2.27. The lowest BCUT2D eigenvalue weighted by Crippen LogP contribution is -2.37. The molecule has 1 fully saturated rings. The molecule has 0 saturated carbocycles. The van der Waals surface area contributed by atoms with E-state index in [1.165, 1.54) is 29.2 Å². The van der Waals surface area contributed by atoms with Gasteiger partial charge in [0, 0.05) is 6.54 Å². The molecule has 3 nitrogen and oxygen atoms in total. The molecular formula is C22H24N2OS. The molecule has 0 aliphatic carbocycles. The van der Waals surface area contributed by atoms with Crippen molar-refractivity contribution < 1.29 is 4.79 Å². The minimum atomic E-state index is 0.0979. The number of benzene rings is 2. The standard InChI is InChI=1S/C22H24N2OS/c25-22(14-18-8-5-7-17-6-1-2-9-20(17)18)23-15-21(19-10-13-26-16-19)24-11-3-4-12-24/h1-2,5-10,13,16,21H,3-4,11-12,14-15H2,(H,23,25)/t21-/m1/s1. The molecule has 0 unspecified atom stereocenters. The molecule has 1 amide bonds. The first-order valence-corrected chi connectivity index (χ1v) is 10.2. The van der Waals surface area contributed by atoms with Gasteiger partial charge in [-0.25, -0.2) is 0 Å². The molecular weight excluding hydrogens is 340 g/mol. The Bertz CT molecular complexity index is 863. The molecule has 4 rings (SSSR count). The molecule has 4 heteroatoms. The van der Waals surface area contributed by atoms with Crippen LogP contribution in [0.5, 0.6) is 0 Å². The number of nitrogens with zero attached hydrogens (tertiary/aromatic N) is 1. The van der Waals surface area contributed by atoms with Gasteiger partial charge in [-0.05, 0) is 64.7 Å². The Balaban J connectivity index is 1.43. The van der Waals surface area contributed by atoms with Crippen LogP contribution in [0.4, 0.5) is 0 Å². The Morgan fingerprint density at radius 3 is 2.69 bits per heavy atom. The average molecular weight is 365 g/mol. The van der Waals surface area contributed by atoms with Crippen LogP contribution in [0.2, 0.25) is 0 Å². The van der Waals surface area contributed by atoms with Crippen LogP contribution in [-0.2, 0) is 11.2 Å². The molecule has 1 atom stereocenters. The number of hydrogen-bond acceptors (Lipinski definition) is 3. The van der Waals surface area contributed by atoms with Crippen LogP contribution in [0.25, 0.3) is 10.8 Å². The number of thiophene rings is 1. The Morgan fingerprint density at radius 2 is 1.88 bits per heavy atom. The van der Waals surface area contributed by atoms with Crippen molar-refractivity contribution >= 4 is 28.0 Å². The molecule has 2 aromatic carbocycles. The normalized spacial score (nSPS) is 16.0. The van der Waals surface area contributed by atoms with Gasteiger partial charge < -0.3 is 5.32 Å². The Hall–Kier alpha value is -2.17. The minimum Gasteiger partial charge on any atom is -0.354 e. The van der Waals surface area contributed by atoms with E-state index in [9.17, 15) is 4.79 Å². The van der Waals surface area contributed by atoms with E-state index in [1.54, 1.807) is 11.3 Å². The van der Waals surface area contributed by atoms with Gasteiger partial charge in [-0.1, -0.05) is 42.5 Å². The van der Waals surface area contributed by atoms with Gasteiger partial charge >= 0.3 is 0 Å². The fourth-order valence-electron chi connectivity index (χ4n) is 3.87. The molecule has 1 saturated heterocycles. The quantitative estimate of drug-likeness (QED) is 0.703. The molecule has 1 aromatic heterocycles. The lowest BCUT2D eigenvalue weighted by molar-refractivity contribution is -0.120. The fourth-order valence-corrected chi connectivity index (χ4v) is 4.58. The lowest BCUT2D eigenvalue weighted by atomic mass is 10.0. The summed E-state index contributed by atoms with van der Waals surface area (Å²) in [4.78, 5) is 15.1. The van der Waals surface area contributed by atoms with Gasteiger partial charge in [0.1, 0.15) is 0 Å². The molecule has 3 aromatic rings. The van der Waals surface area contributed by atoms with Crippen LogP contribution in [0.1, 0.15) is 30.0 Å². The SMILES string of the molecule is O=C(Cc1cccc2ccccc12)NC[C@H](c1ccsc1)N1CCCC1. The summed E-state index contributed by atoms with van der Waals surface area (Å²) in [6, 6.07) is 16.9. The number of hydrogen-bond donors (Lipinski definition) is 1. The van der Waals surface area contributed by atoms with Gasteiger partial charge in [0.15, 0.2) is 0 Å². The number of fused-ring (bicyclic) bond motifs is 1. The van der Waals surface area contributed by atoms with E-state index in [1.807, 2.05) is 18.2 Å². The number of likely N-dealkylation sites (tertiary alicyclic amines) is 1. The van der Waals surface area contributed by atoms with Crippen molar-refractivity contribution in [2.24, 2.45) is 0 Å². The highest BCUT2D eigenvalue weighted by molar-refractivity contribution is 7.07. The topological polar surface area (TPSA) is 32.3 Å². The molecule has 2 heterocycles. The predicted octanol–water partition coefficient (Wildman–Crippen LogP) is 4.40. The van der Waals surface area contributed by atoms with Crippen LogP contribution < -0.4 is 5.32 Å². The van der Waals surface area contributed by atoms with E-state index in [0.717, 1.165) is 18.7 Å². The number of carbonyl (C=O) groups excluding carboxylic acids is 1. The van der Waals surface area contributed by atoms with E-state index < -0.39 is 0 Å². The summed E-state index contributed by atoms with van der Waals surface area (Å²) in [6.45, 7) is 2.93. The van der Waals surface area contributed by atoms with E-state index in [2.05, 4.69) is 51.3 Å². The Kier molecular flexibility index (Phi) is 5.32. The monoisotopic (exact) mass is 364 g/mol. The summed E-state index contributed by atoms with van der Waals surface area (Å²) in [5.41, 5.74) is 2.41. The van der Waals surface area contributed by atoms with Gasteiger partial charge in [0.25, 0.3) is 0 Å². The van der Waals surface area contributed by atoms with Gasteiger partial charge in [0.05, 0.1) is 12.5 Å². The van der Waals surface area contributed by atoms with Crippen LogP contribution in [-0.4, -0.2) is 30.4 Å². The Labute approximate surface area is 158 Å². The van der Waals surface area contributed by atoms with Crippen molar-refractivity contribution in [2.45, 2.75) is 25.3 Å². The Morgan fingerprint density at radius 1 is 1.08 bits per heavy atom. The summed E-state index contributed by atoms with van der Waals surface area (Å²) < 4.78 is 0. The summed E-state index contributed by atoms with van der Waals surface area (Å²) in [7, 11) is 0. The molecule has 0 radical (unpaired) electrons. The second-order valence-electron chi connectivity index (χ2n) is 6.93. The number of rotatable bonds is 6. The van der Waals surface area contributed by atoms with Crippen LogP contribution in [0.3, 0.4) is 0 Å². The first-order chi connectivity index (χ1) is 12.8. The van der Waals surface area contributed by atoms with Gasteiger partial charge in [-0.2, -0.15) is 11.3 Å². The molecule has 134 valence electrons. The molecule has 26 heavy (non-hydrogen) atoms. The highest BCUT2D eigenvalue weighted by Gasteiger charge is 2.24. The number of amides is 1. The van der Waals surface area contributed by atoms with Crippen molar-refractivity contribution in [2.75, 3.05) is 19.6 Å². The zero-order valence-electron chi connectivity index (χ0n) is 14.9. The smallest absolute Gasteiger partial charge is 0.224 e. The molecule has 0 spiro atoms. The maximum atomic E-state index is 12.6. The number of carbonyl (C=O) groups is 1. The maximum absolute atomic E-state index is 12.6. The summed E-state index contributed by atoms with van der Waals surface area (Å²) in [6.07, 6.45) is 2.94. The van der Waals surface area contributed by atoms with Gasteiger partial charge in [0.2, 0.25) is 5.91 Å². The third-order valence-corrected chi connectivity index (χ3v) is 5.93. The predicted molar refractivity (Wildman–Crippen MR) is 109 cm³/mol.